The first-order valence-corrected chi connectivity index (χ1v) is 11.3. The van der Waals surface area contributed by atoms with Gasteiger partial charge in [-0.3, -0.25) is 14.6 Å². The minimum Gasteiger partial charge on any atom is -0.381 e. The van der Waals surface area contributed by atoms with Crippen molar-refractivity contribution in [2.24, 2.45) is 0 Å². The van der Waals surface area contributed by atoms with Crippen LogP contribution >= 0.6 is 0 Å². The summed E-state index contributed by atoms with van der Waals surface area (Å²) in [5, 5.41) is 8.76. The van der Waals surface area contributed by atoms with Crippen molar-refractivity contribution in [2.45, 2.75) is 58.0 Å². The van der Waals surface area contributed by atoms with Gasteiger partial charge in [-0.05, 0) is 18.9 Å². The molecule has 170 valence electrons. The molecule has 2 aliphatic rings. The highest BCUT2D eigenvalue weighted by molar-refractivity contribution is 5.10. The van der Waals surface area contributed by atoms with Gasteiger partial charge in [0.25, 0.3) is 5.56 Å². The topological polar surface area (TPSA) is 89.5 Å². The standard InChI is InChI=1S/C22H34N6O3/c1-22(2,3)18-4-5-20(29)28(24-18)13-12-26-8-10-27(11-9-26)16-19-23-21(31-25-19)17-6-14-30-15-7-17/h4-5,17H,6-16H2,1-3H3. The summed E-state index contributed by atoms with van der Waals surface area (Å²) in [6.07, 6.45) is 1.91. The van der Waals surface area contributed by atoms with E-state index in [1.807, 2.05) is 6.07 Å². The Labute approximate surface area is 183 Å². The summed E-state index contributed by atoms with van der Waals surface area (Å²) in [5.41, 5.74) is 0.835. The van der Waals surface area contributed by atoms with Crippen molar-refractivity contribution in [3.63, 3.8) is 0 Å². The molecule has 2 aromatic heterocycles. The normalized spacial score (nSPS) is 19.7. The zero-order chi connectivity index (χ0) is 21.8. The Morgan fingerprint density at radius 1 is 1.03 bits per heavy atom. The zero-order valence-corrected chi connectivity index (χ0v) is 18.9. The van der Waals surface area contributed by atoms with Crippen LogP contribution in [0.4, 0.5) is 0 Å². The number of hydrogen-bond acceptors (Lipinski definition) is 8. The predicted molar refractivity (Wildman–Crippen MR) is 116 cm³/mol. The van der Waals surface area contributed by atoms with Crippen LogP contribution < -0.4 is 5.56 Å². The van der Waals surface area contributed by atoms with E-state index in [-0.39, 0.29) is 11.0 Å². The quantitative estimate of drug-likeness (QED) is 0.683. The molecule has 0 saturated carbocycles. The van der Waals surface area contributed by atoms with Crippen LogP contribution in [0.25, 0.3) is 0 Å². The molecule has 0 amide bonds. The highest BCUT2D eigenvalue weighted by atomic mass is 16.5. The smallest absolute Gasteiger partial charge is 0.266 e. The molecular weight excluding hydrogens is 396 g/mol. The molecule has 0 aromatic carbocycles. The van der Waals surface area contributed by atoms with Crippen LogP contribution in [0.2, 0.25) is 0 Å². The second kappa shape index (κ2) is 9.58. The third-order valence-corrected chi connectivity index (χ3v) is 6.15. The molecule has 2 aromatic rings. The monoisotopic (exact) mass is 430 g/mol. The molecule has 2 saturated heterocycles. The molecule has 0 aliphatic carbocycles. The van der Waals surface area contributed by atoms with Gasteiger partial charge in [0.1, 0.15) is 0 Å². The van der Waals surface area contributed by atoms with Crippen molar-refractivity contribution in [3.8, 4) is 0 Å². The number of ether oxygens (including phenoxy) is 1. The predicted octanol–water partition coefficient (Wildman–Crippen LogP) is 1.64. The number of hydrogen-bond donors (Lipinski definition) is 0. The number of rotatable bonds is 6. The van der Waals surface area contributed by atoms with Gasteiger partial charge >= 0.3 is 0 Å². The van der Waals surface area contributed by atoms with Crippen LogP contribution in [0.3, 0.4) is 0 Å². The average molecular weight is 431 g/mol. The highest BCUT2D eigenvalue weighted by Gasteiger charge is 2.24. The van der Waals surface area contributed by atoms with Gasteiger partial charge < -0.3 is 9.26 Å². The largest absolute Gasteiger partial charge is 0.381 e. The molecule has 31 heavy (non-hydrogen) atoms. The molecule has 0 unspecified atom stereocenters. The number of nitrogens with zero attached hydrogens (tertiary/aromatic N) is 6. The lowest BCUT2D eigenvalue weighted by atomic mass is 9.92. The van der Waals surface area contributed by atoms with Gasteiger partial charge in [-0.15, -0.1) is 0 Å². The molecule has 0 bridgehead atoms. The van der Waals surface area contributed by atoms with E-state index in [9.17, 15) is 4.79 Å². The molecule has 4 rings (SSSR count). The van der Waals surface area contributed by atoms with E-state index in [0.717, 1.165) is 82.7 Å². The maximum Gasteiger partial charge on any atom is 0.266 e. The van der Waals surface area contributed by atoms with E-state index in [4.69, 9.17) is 9.26 Å². The summed E-state index contributed by atoms with van der Waals surface area (Å²) in [5.74, 6) is 1.86. The average Bonchev–Trinajstić information content (AvgIpc) is 3.22. The summed E-state index contributed by atoms with van der Waals surface area (Å²) in [6, 6.07) is 3.47. The van der Waals surface area contributed by atoms with Crippen LogP contribution in [0.5, 0.6) is 0 Å². The van der Waals surface area contributed by atoms with Crippen LogP contribution in [0, 0.1) is 0 Å². The summed E-state index contributed by atoms with van der Waals surface area (Å²) in [6.45, 7) is 13.8. The van der Waals surface area contributed by atoms with Gasteiger partial charge in [0, 0.05) is 63.3 Å². The van der Waals surface area contributed by atoms with Gasteiger partial charge in [-0.25, -0.2) is 4.68 Å². The first-order valence-electron chi connectivity index (χ1n) is 11.3. The fourth-order valence-electron chi connectivity index (χ4n) is 4.06. The Morgan fingerprint density at radius 3 is 2.45 bits per heavy atom. The Kier molecular flexibility index (Phi) is 6.83. The van der Waals surface area contributed by atoms with Gasteiger partial charge in [0.05, 0.1) is 18.8 Å². The second-order valence-corrected chi connectivity index (χ2v) is 9.58. The lowest BCUT2D eigenvalue weighted by molar-refractivity contribution is 0.0778. The molecule has 9 heteroatoms. The molecule has 0 radical (unpaired) electrons. The molecule has 0 N–H and O–H groups in total. The first-order chi connectivity index (χ1) is 14.9. The van der Waals surface area contributed by atoms with Gasteiger partial charge in [0.15, 0.2) is 5.82 Å². The van der Waals surface area contributed by atoms with Crippen molar-refractivity contribution in [2.75, 3.05) is 45.9 Å². The third kappa shape index (κ3) is 5.78. The molecule has 2 aliphatic heterocycles. The number of aromatic nitrogens is 4. The fourth-order valence-corrected chi connectivity index (χ4v) is 4.06. The highest BCUT2D eigenvalue weighted by Crippen LogP contribution is 2.25. The Bertz CT molecular complexity index is 904. The van der Waals surface area contributed by atoms with Gasteiger partial charge in [-0.1, -0.05) is 25.9 Å². The van der Waals surface area contributed by atoms with E-state index >= 15 is 0 Å². The first kappa shape index (κ1) is 22.1. The Morgan fingerprint density at radius 2 is 1.74 bits per heavy atom. The molecule has 4 heterocycles. The summed E-state index contributed by atoms with van der Waals surface area (Å²) >= 11 is 0. The van der Waals surface area contributed by atoms with Crippen molar-refractivity contribution in [1.29, 1.82) is 0 Å². The van der Waals surface area contributed by atoms with Crippen molar-refractivity contribution in [3.05, 3.63) is 39.9 Å². The van der Waals surface area contributed by atoms with Gasteiger partial charge in [-0.2, -0.15) is 10.1 Å². The van der Waals surface area contributed by atoms with E-state index in [1.165, 1.54) is 0 Å². The van der Waals surface area contributed by atoms with Crippen molar-refractivity contribution >= 4 is 0 Å². The van der Waals surface area contributed by atoms with Crippen LogP contribution in [0.15, 0.2) is 21.5 Å². The summed E-state index contributed by atoms with van der Waals surface area (Å²) < 4.78 is 12.5. The maximum absolute atomic E-state index is 12.2. The lowest BCUT2D eigenvalue weighted by Gasteiger charge is -2.34. The van der Waals surface area contributed by atoms with Crippen molar-refractivity contribution < 1.29 is 9.26 Å². The Hall–Kier alpha value is -2.10. The SMILES string of the molecule is CC(C)(C)c1ccc(=O)n(CCN2CCN(Cc3noc(C4CCOCC4)n3)CC2)n1. The van der Waals surface area contributed by atoms with Crippen molar-refractivity contribution in [1.82, 2.24) is 29.7 Å². The van der Waals surface area contributed by atoms with Crippen LogP contribution in [0.1, 0.15) is 56.9 Å². The minimum atomic E-state index is -0.0686. The van der Waals surface area contributed by atoms with Crippen LogP contribution in [-0.2, 0) is 23.2 Å². The summed E-state index contributed by atoms with van der Waals surface area (Å²) in [4.78, 5) is 21.6. The molecule has 9 nitrogen and oxygen atoms in total. The van der Waals surface area contributed by atoms with Gasteiger partial charge in [0.2, 0.25) is 5.89 Å². The molecule has 0 spiro atoms. The van der Waals surface area contributed by atoms with Crippen LogP contribution in [-0.4, -0.2) is 75.7 Å². The van der Waals surface area contributed by atoms with E-state index in [0.29, 0.717) is 12.5 Å². The molecular formula is C22H34N6O3. The number of piperazine rings is 1. The second-order valence-electron chi connectivity index (χ2n) is 9.58. The summed E-state index contributed by atoms with van der Waals surface area (Å²) in [7, 11) is 0. The lowest BCUT2D eigenvalue weighted by Crippen LogP contribution is -2.47. The third-order valence-electron chi connectivity index (χ3n) is 6.15. The van der Waals surface area contributed by atoms with E-state index < -0.39 is 0 Å². The minimum absolute atomic E-state index is 0.0379. The van der Waals surface area contributed by atoms with E-state index in [2.05, 4.69) is 45.8 Å². The maximum atomic E-state index is 12.2. The zero-order valence-electron chi connectivity index (χ0n) is 18.9. The van der Waals surface area contributed by atoms with E-state index in [1.54, 1.807) is 10.7 Å². The molecule has 0 atom stereocenters. The fraction of sp³-hybridized carbons (Fsp3) is 0.727. The molecule has 2 fully saturated rings. The Balaban J connectivity index is 1.24.